The third kappa shape index (κ3) is 3.72. The van der Waals surface area contributed by atoms with Crippen molar-refractivity contribution in [2.75, 3.05) is 0 Å². The zero-order valence-electron chi connectivity index (χ0n) is 15.6. The molecule has 4 rings (SSSR count). The van der Waals surface area contributed by atoms with Crippen molar-refractivity contribution in [3.8, 4) is 0 Å². The summed E-state index contributed by atoms with van der Waals surface area (Å²) in [6, 6.07) is 10.8. The molecule has 1 fully saturated rings. The third-order valence-electron chi connectivity index (χ3n) is 5.06. The Hall–Kier alpha value is -3.08. The molecule has 9 heteroatoms. The average molecular weight is 517 g/mol. The first-order valence-corrected chi connectivity index (χ1v) is 10.3. The number of nitrogens with one attached hydrogen (secondary N) is 2. The van der Waals surface area contributed by atoms with Crippen molar-refractivity contribution in [2.24, 2.45) is 0 Å². The van der Waals surface area contributed by atoms with Gasteiger partial charge < -0.3 is 5.32 Å². The molecule has 2 N–H and O–H groups in total. The summed E-state index contributed by atoms with van der Waals surface area (Å²) in [5.74, 6) is -2.45. The van der Waals surface area contributed by atoms with Crippen LogP contribution in [0.5, 0.6) is 0 Å². The summed E-state index contributed by atoms with van der Waals surface area (Å²) < 4.78 is 1.02. The van der Waals surface area contributed by atoms with Crippen molar-refractivity contribution < 1.29 is 24.0 Å². The minimum atomic E-state index is -1.00. The highest BCUT2D eigenvalue weighted by Gasteiger charge is 2.44. The molecule has 0 spiro atoms. The van der Waals surface area contributed by atoms with E-state index in [0.29, 0.717) is 11.1 Å². The van der Waals surface area contributed by atoms with Crippen LogP contribution < -0.4 is 10.6 Å². The van der Waals surface area contributed by atoms with Crippen LogP contribution in [0.3, 0.4) is 0 Å². The molecule has 2 aliphatic heterocycles. The zero-order valence-corrected chi connectivity index (χ0v) is 17.8. The predicted molar refractivity (Wildman–Crippen MR) is 113 cm³/mol. The van der Waals surface area contributed by atoms with E-state index in [4.69, 9.17) is 0 Å². The molecule has 2 heterocycles. The lowest BCUT2D eigenvalue weighted by atomic mass is 10.0. The van der Waals surface area contributed by atoms with Crippen LogP contribution in [-0.2, 0) is 16.1 Å². The fourth-order valence-corrected chi connectivity index (χ4v) is 3.87. The molecule has 1 unspecified atom stereocenters. The number of imide groups is 2. The van der Waals surface area contributed by atoms with Crippen LogP contribution in [-0.4, -0.2) is 40.5 Å². The Morgan fingerprint density at radius 1 is 1.03 bits per heavy atom. The maximum absolute atomic E-state index is 12.8. The molecular formula is C21H16IN3O5. The first kappa shape index (κ1) is 20.2. The maximum atomic E-state index is 12.8. The van der Waals surface area contributed by atoms with E-state index >= 15 is 0 Å². The minimum Gasteiger partial charge on any atom is -0.348 e. The number of piperidine rings is 1. The van der Waals surface area contributed by atoms with Crippen LogP contribution in [0.4, 0.5) is 0 Å². The monoisotopic (exact) mass is 517 g/mol. The number of halogens is 1. The molecule has 2 aromatic rings. The Labute approximate surface area is 185 Å². The van der Waals surface area contributed by atoms with E-state index in [1.54, 1.807) is 24.3 Å². The molecule has 8 nitrogen and oxygen atoms in total. The fraction of sp³-hybridized carbons (Fsp3) is 0.190. The number of hydrogen-bond acceptors (Lipinski definition) is 5. The van der Waals surface area contributed by atoms with Crippen LogP contribution in [0.1, 0.15) is 49.5 Å². The van der Waals surface area contributed by atoms with Gasteiger partial charge in [0.2, 0.25) is 11.8 Å². The van der Waals surface area contributed by atoms with Gasteiger partial charge in [0.25, 0.3) is 17.7 Å². The van der Waals surface area contributed by atoms with Gasteiger partial charge in [0.05, 0.1) is 11.1 Å². The van der Waals surface area contributed by atoms with Crippen molar-refractivity contribution in [1.82, 2.24) is 15.5 Å². The molecule has 1 saturated heterocycles. The molecule has 0 saturated carbocycles. The number of hydrogen-bond donors (Lipinski definition) is 2. The number of nitrogens with zero attached hydrogens (tertiary/aromatic N) is 1. The Kier molecular flexibility index (Phi) is 5.37. The second-order valence-corrected chi connectivity index (χ2v) is 8.26. The summed E-state index contributed by atoms with van der Waals surface area (Å²) in [5, 5.41) is 4.95. The predicted octanol–water partition coefficient (Wildman–Crippen LogP) is 1.62. The zero-order chi connectivity index (χ0) is 21.4. The average Bonchev–Trinajstić information content (AvgIpc) is 2.97. The third-order valence-corrected chi connectivity index (χ3v) is 5.78. The van der Waals surface area contributed by atoms with Gasteiger partial charge in [-0.2, -0.15) is 0 Å². The minimum absolute atomic E-state index is 0.0691. The van der Waals surface area contributed by atoms with Gasteiger partial charge in [-0.15, -0.1) is 0 Å². The topological polar surface area (TPSA) is 113 Å². The summed E-state index contributed by atoms with van der Waals surface area (Å²) in [5.41, 5.74) is 1.56. The Morgan fingerprint density at radius 3 is 2.43 bits per heavy atom. The Balaban J connectivity index is 1.49. The lowest BCUT2D eigenvalue weighted by molar-refractivity contribution is -0.136. The molecule has 30 heavy (non-hydrogen) atoms. The highest BCUT2D eigenvalue weighted by Crippen LogP contribution is 2.28. The SMILES string of the molecule is O=C1CCC(N2C(=O)c3ccc(CNC(=O)c4ccc(I)cc4)cc3C2=O)C(=O)N1. The highest BCUT2D eigenvalue weighted by molar-refractivity contribution is 14.1. The van der Waals surface area contributed by atoms with Crippen LogP contribution in [0, 0.1) is 3.57 Å². The standard InChI is InChI=1S/C21H16IN3O5/c22-13-4-2-12(3-5-13)18(27)23-10-11-1-6-14-15(9-11)21(30)25(20(14)29)16-7-8-17(26)24-19(16)28/h1-6,9,16H,7-8,10H2,(H,23,27)(H,24,26,28). The molecule has 5 amide bonds. The van der Waals surface area contributed by atoms with Crippen molar-refractivity contribution in [3.05, 3.63) is 68.3 Å². The van der Waals surface area contributed by atoms with E-state index in [0.717, 1.165) is 8.47 Å². The van der Waals surface area contributed by atoms with E-state index in [1.165, 1.54) is 6.07 Å². The van der Waals surface area contributed by atoms with E-state index in [-0.39, 0.29) is 36.4 Å². The lowest BCUT2D eigenvalue weighted by Gasteiger charge is -2.27. The summed E-state index contributed by atoms with van der Waals surface area (Å²) >= 11 is 2.15. The maximum Gasteiger partial charge on any atom is 0.262 e. The second kappa shape index (κ2) is 7.98. The number of amides is 5. The quantitative estimate of drug-likeness (QED) is 0.473. The molecule has 0 aliphatic carbocycles. The summed E-state index contributed by atoms with van der Waals surface area (Å²) in [6.45, 7) is 0.179. The first-order chi connectivity index (χ1) is 14.3. The molecule has 1 atom stereocenters. The Morgan fingerprint density at radius 2 is 1.73 bits per heavy atom. The number of fused-ring (bicyclic) bond motifs is 1. The van der Waals surface area contributed by atoms with E-state index in [9.17, 15) is 24.0 Å². The molecule has 152 valence electrons. The van der Waals surface area contributed by atoms with Crippen molar-refractivity contribution >= 4 is 52.1 Å². The summed E-state index contributed by atoms with van der Waals surface area (Å²) in [4.78, 5) is 62.2. The van der Waals surface area contributed by atoms with Crippen LogP contribution in [0.25, 0.3) is 0 Å². The fourth-order valence-electron chi connectivity index (χ4n) is 3.51. The number of carbonyl (C=O) groups is 5. The molecule has 2 aliphatic rings. The van der Waals surface area contributed by atoms with Crippen LogP contribution >= 0.6 is 22.6 Å². The number of benzene rings is 2. The van der Waals surface area contributed by atoms with Gasteiger partial charge in [0, 0.05) is 22.1 Å². The van der Waals surface area contributed by atoms with Crippen LogP contribution in [0.15, 0.2) is 42.5 Å². The Bertz CT molecular complexity index is 1100. The first-order valence-electron chi connectivity index (χ1n) is 9.23. The smallest absolute Gasteiger partial charge is 0.262 e. The van der Waals surface area contributed by atoms with Crippen molar-refractivity contribution in [1.29, 1.82) is 0 Å². The summed E-state index contributed by atoms with van der Waals surface area (Å²) in [7, 11) is 0. The van der Waals surface area contributed by atoms with Crippen LogP contribution in [0.2, 0.25) is 0 Å². The van der Waals surface area contributed by atoms with Gasteiger partial charge in [-0.3, -0.25) is 34.2 Å². The molecule has 2 aromatic carbocycles. The normalized spacial score (nSPS) is 18.3. The highest BCUT2D eigenvalue weighted by atomic mass is 127. The van der Waals surface area contributed by atoms with Gasteiger partial charge in [-0.25, -0.2) is 0 Å². The van der Waals surface area contributed by atoms with E-state index in [2.05, 4.69) is 33.2 Å². The molecule has 0 radical (unpaired) electrons. The van der Waals surface area contributed by atoms with Crippen molar-refractivity contribution in [3.63, 3.8) is 0 Å². The van der Waals surface area contributed by atoms with E-state index in [1.807, 2.05) is 12.1 Å². The van der Waals surface area contributed by atoms with Gasteiger partial charge in [-0.05, 0) is 71.0 Å². The second-order valence-electron chi connectivity index (χ2n) is 7.02. The molecule has 0 bridgehead atoms. The number of rotatable bonds is 4. The van der Waals surface area contributed by atoms with Gasteiger partial charge in [0.15, 0.2) is 0 Å². The number of carbonyl (C=O) groups excluding carboxylic acids is 5. The molecular weight excluding hydrogens is 501 g/mol. The lowest BCUT2D eigenvalue weighted by Crippen LogP contribution is -2.54. The van der Waals surface area contributed by atoms with E-state index < -0.39 is 29.7 Å². The van der Waals surface area contributed by atoms with Gasteiger partial charge in [-0.1, -0.05) is 6.07 Å². The summed E-state index contributed by atoms with van der Waals surface area (Å²) in [6.07, 6.45) is 0.175. The largest absolute Gasteiger partial charge is 0.348 e. The van der Waals surface area contributed by atoms with Crippen molar-refractivity contribution in [2.45, 2.75) is 25.4 Å². The molecule has 0 aromatic heterocycles. The van der Waals surface area contributed by atoms with Gasteiger partial charge in [0.1, 0.15) is 6.04 Å². The van der Waals surface area contributed by atoms with Gasteiger partial charge >= 0.3 is 0 Å².